The molecule has 0 aliphatic rings. The third-order valence-corrected chi connectivity index (χ3v) is 3.30. The molecule has 0 saturated heterocycles. The van der Waals surface area contributed by atoms with Crippen molar-refractivity contribution in [2.45, 2.75) is 18.9 Å². The van der Waals surface area contributed by atoms with Crippen LogP contribution in [0.2, 0.25) is 0 Å². The summed E-state index contributed by atoms with van der Waals surface area (Å²) in [6.07, 6.45) is -0.245. The molecule has 0 saturated carbocycles. The second-order valence-electron chi connectivity index (χ2n) is 4.10. The Morgan fingerprint density at radius 2 is 2.10 bits per heavy atom. The first kappa shape index (κ1) is 17.1. The monoisotopic (exact) mass is 361 g/mol. The summed E-state index contributed by atoms with van der Waals surface area (Å²) in [4.78, 5) is 34.0. The van der Waals surface area contributed by atoms with Crippen molar-refractivity contribution in [3.63, 3.8) is 0 Å². The Labute approximate surface area is 128 Å². The fraction of sp³-hybridized carbons (Fsp3) is 0.308. The first-order chi connectivity index (χ1) is 9.85. The molecule has 0 radical (unpaired) electrons. The molecule has 2 N–H and O–H groups in total. The van der Waals surface area contributed by atoms with Crippen molar-refractivity contribution in [1.82, 2.24) is 5.32 Å². The minimum absolute atomic E-state index is 0.0979. The molecule has 21 heavy (non-hydrogen) atoms. The van der Waals surface area contributed by atoms with E-state index in [9.17, 15) is 18.8 Å². The minimum atomic E-state index is -1.27. The van der Waals surface area contributed by atoms with Gasteiger partial charge in [-0.3, -0.25) is 9.59 Å². The number of carbonyl (C=O) groups is 3. The van der Waals surface area contributed by atoms with Gasteiger partial charge in [-0.2, -0.15) is 0 Å². The van der Waals surface area contributed by atoms with Gasteiger partial charge in [0.1, 0.15) is 11.9 Å². The van der Waals surface area contributed by atoms with Crippen LogP contribution in [0.1, 0.15) is 23.2 Å². The lowest BCUT2D eigenvalue weighted by Gasteiger charge is -2.14. The predicted octanol–water partition coefficient (Wildman–Crippen LogP) is 1.72. The molecule has 1 amide bonds. The number of rotatable bonds is 6. The highest BCUT2D eigenvalue weighted by Gasteiger charge is 2.22. The number of carboxylic acids is 1. The van der Waals surface area contributed by atoms with Crippen LogP contribution in [0.4, 0.5) is 4.39 Å². The van der Waals surface area contributed by atoms with E-state index in [0.29, 0.717) is 0 Å². The maximum Gasteiger partial charge on any atom is 0.326 e. The van der Waals surface area contributed by atoms with Gasteiger partial charge in [0.15, 0.2) is 0 Å². The van der Waals surface area contributed by atoms with E-state index in [4.69, 9.17) is 5.11 Å². The number of esters is 1. The second-order valence-corrected chi connectivity index (χ2v) is 4.96. The summed E-state index contributed by atoms with van der Waals surface area (Å²) in [7, 11) is 1.19. The maximum atomic E-state index is 12.9. The van der Waals surface area contributed by atoms with Crippen LogP contribution in [0.3, 0.4) is 0 Å². The van der Waals surface area contributed by atoms with Gasteiger partial charge in [0.05, 0.1) is 12.7 Å². The third-order valence-electron chi connectivity index (χ3n) is 2.64. The van der Waals surface area contributed by atoms with Gasteiger partial charge in [-0.05, 0) is 40.5 Å². The Morgan fingerprint density at radius 1 is 1.43 bits per heavy atom. The van der Waals surface area contributed by atoms with Gasteiger partial charge in [0.25, 0.3) is 5.91 Å². The first-order valence-corrected chi connectivity index (χ1v) is 6.70. The van der Waals surface area contributed by atoms with Gasteiger partial charge >= 0.3 is 11.9 Å². The SMILES string of the molecule is COC(=O)CC[C@@H](NC(=O)c1ccc(F)cc1Br)C(=O)O. The molecule has 1 rings (SSSR count). The summed E-state index contributed by atoms with van der Waals surface area (Å²) in [5.74, 6) is -3.05. The number of hydrogen-bond acceptors (Lipinski definition) is 4. The Bertz CT molecular complexity index is 563. The highest BCUT2D eigenvalue weighted by atomic mass is 79.9. The molecule has 0 fully saturated rings. The normalized spacial score (nSPS) is 11.6. The van der Waals surface area contributed by atoms with Crippen LogP contribution in [0.5, 0.6) is 0 Å². The molecule has 0 bridgehead atoms. The van der Waals surface area contributed by atoms with E-state index in [1.54, 1.807) is 0 Å². The van der Waals surface area contributed by atoms with E-state index >= 15 is 0 Å². The second kappa shape index (κ2) is 7.72. The number of nitrogens with one attached hydrogen (secondary N) is 1. The van der Waals surface area contributed by atoms with E-state index in [0.717, 1.165) is 12.1 Å². The summed E-state index contributed by atoms with van der Waals surface area (Å²) in [6.45, 7) is 0. The predicted molar refractivity (Wildman–Crippen MR) is 74.2 cm³/mol. The quantitative estimate of drug-likeness (QED) is 0.752. The average molecular weight is 362 g/mol. The highest BCUT2D eigenvalue weighted by Crippen LogP contribution is 2.18. The number of hydrogen-bond donors (Lipinski definition) is 2. The van der Waals surface area contributed by atoms with Crippen molar-refractivity contribution in [3.8, 4) is 0 Å². The van der Waals surface area contributed by atoms with Crippen LogP contribution in [-0.2, 0) is 14.3 Å². The number of carbonyl (C=O) groups excluding carboxylic acids is 2. The summed E-state index contributed by atoms with van der Waals surface area (Å²) in [5.41, 5.74) is 0.0979. The van der Waals surface area contributed by atoms with Crippen molar-refractivity contribution in [2.75, 3.05) is 7.11 Å². The van der Waals surface area contributed by atoms with Crippen molar-refractivity contribution < 1.29 is 28.6 Å². The van der Waals surface area contributed by atoms with Crippen molar-refractivity contribution >= 4 is 33.8 Å². The Hall–Kier alpha value is -1.96. The van der Waals surface area contributed by atoms with E-state index in [1.165, 1.54) is 13.2 Å². The number of methoxy groups -OCH3 is 1. The van der Waals surface area contributed by atoms with Gasteiger partial charge in [-0.1, -0.05) is 0 Å². The van der Waals surface area contributed by atoms with Gasteiger partial charge < -0.3 is 15.2 Å². The van der Waals surface area contributed by atoms with Crippen LogP contribution < -0.4 is 5.32 Å². The fourth-order valence-corrected chi connectivity index (χ4v) is 2.06. The molecule has 0 aromatic heterocycles. The summed E-state index contributed by atoms with van der Waals surface area (Å²) in [5, 5.41) is 11.3. The van der Waals surface area contributed by atoms with E-state index in [1.807, 2.05) is 0 Å². The zero-order chi connectivity index (χ0) is 16.0. The largest absolute Gasteiger partial charge is 0.480 e. The zero-order valence-electron chi connectivity index (χ0n) is 11.1. The lowest BCUT2D eigenvalue weighted by Crippen LogP contribution is -2.41. The zero-order valence-corrected chi connectivity index (χ0v) is 12.6. The van der Waals surface area contributed by atoms with Crippen LogP contribution in [0, 0.1) is 5.82 Å². The number of halogens is 2. The fourth-order valence-electron chi connectivity index (χ4n) is 1.53. The third kappa shape index (κ3) is 5.14. The molecule has 1 atom stereocenters. The van der Waals surface area contributed by atoms with E-state index in [-0.39, 0.29) is 22.9 Å². The highest BCUT2D eigenvalue weighted by molar-refractivity contribution is 9.10. The van der Waals surface area contributed by atoms with Crippen LogP contribution in [0.25, 0.3) is 0 Å². The lowest BCUT2D eigenvalue weighted by atomic mass is 10.1. The van der Waals surface area contributed by atoms with Crippen molar-refractivity contribution in [1.29, 1.82) is 0 Å². The van der Waals surface area contributed by atoms with Crippen LogP contribution in [-0.4, -0.2) is 36.1 Å². The Balaban J connectivity index is 2.76. The molecule has 6 nitrogen and oxygen atoms in total. The van der Waals surface area contributed by atoms with Gasteiger partial charge in [-0.15, -0.1) is 0 Å². The van der Waals surface area contributed by atoms with E-state index < -0.39 is 29.7 Å². The van der Waals surface area contributed by atoms with Crippen molar-refractivity contribution in [2.24, 2.45) is 0 Å². The smallest absolute Gasteiger partial charge is 0.326 e. The van der Waals surface area contributed by atoms with E-state index in [2.05, 4.69) is 26.0 Å². The average Bonchev–Trinajstić information content (AvgIpc) is 2.42. The summed E-state index contributed by atoms with van der Waals surface area (Å²) in [6, 6.07) is 2.17. The van der Waals surface area contributed by atoms with Gasteiger partial charge in [0.2, 0.25) is 0 Å². The number of aliphatic carboxylic acids is 1. The topological polar surface area (TPSA) is 92.7 Å². The summed E-state index contributed by atoms with van der Waals surface area (Å²) < 4.78 is 17.6. The standard InChI is InChI=1S/C13H13BrFNO5/c1-21-11(17)5-4-10(13(19)20)16-12(18)8-3-2-7(15)6-9(8)14/h2-3,6,10H,4-5H2,1H3,(H,16,18)(H,19,20)/t10-/m1/s1. The number of ether oxygens (including phenoxy) is 1. The molecule has 1 aromatic rings. The molecule has 0 unspecified atom stereocenters. The molecule has 1 aromatic carbocycles. The molecule has 0 spiro atoms. The summed E-state index contributed by atoms with van der Waals surface area (Å²) >= 11 is 3.03. The lowest BCUT2D eigenvalue weighted by molar-refractivity contribution is -0.142. The minimum Gasteiger partial charge on any atom is -0.480 e. The molecule has 0 aliphatic heterocycles. The van der Waals surface area contributed by atoms with Gasteiger partial charge in [0, 0.05) is 10.9 Å². The molecule has 0 aliphatic carbocycles. The number of carboxylic acid groups (broad SMARTS) is 1. The van der Waals surface area contributed by atoms with Gasteiger partial charge in [-0.25, -0.2) is 9.18 Å². The van der Waals surface area contributed by atoms with Crippen LogP contribution in [0.15, 0.2) is 22.7 Å². The Morgan fingerprint density at radius 3 is 2.62 bits per heavy atom. The molecular formula is C13H13BrFNO5. The molecule has 8 heteroatoms. The molecule has 0 heterocycles. The number of amides is 1. The van der Waals surface area contributed by atoms with Crippen LogP contribution >= 0.6 is 15.9 Å². The number of benzene rings is 1. The molecular weight excluding hydrogens is 349 g/mol. The van der Waals surface area contributed by atoms with Crippen molar-refractivity contribution in [3.05, 3.63) is 34.1 Å². The Kier molecular flexibility index (Phi) is 6.29. The first-order valence-electron chi connectivity index (χ1n) is 5.90. The molecule has 114 valence electrons. The maximum absolute atomic E-state index is 12.9.